The molecule has 160 valence electrons. The molecule has 1 fully saturated rings. The average molecular weight is 420 g/mol. The summed E-state index contributed by atoms with van der Waals surface area (Å²) in [5.74, 6) is 0.302. The summed E-state index contributed by atoms with van der Waals surface area (Å²) in [7, 11) is 1.60. The number of piperidine rings is 1. The predicted molar refractivity (Wildman–Crippen MR) is 119 cm³/mol. The van der Waals surface area contributed by atoms with Gasteiger partial charge >= 0.3 is 0 Å². The number of methoxy groups -OCH3 is 1. The molecule has 31 heavy (non-hydrogen) atoms. The number of carbonyl (C=O) groups excluding carboxylic acids is 1. The zero-order chi connectivity index (χ0) is 21.6. The Morgan fingerprint density at radius 3 is 2.39 bits per heavy atom. The average Bonchev–Trinajstić information content (AvgIpc) is 2.82. The summed E-state index contributed by atoms with van der Waals surface area (Å²) in [6, 6.07) is 19.3. The van der Waals surface area contributed by atoms with Gasteiger partial charge in [-0.1, -0.05) is 6.07 Å². The second-order valence-corrected chi connectivity index (χ2v) is 7.71. The van der Waals surface area contributed by atoms with E-state index >= 15 is 0 Å². The van der Waals surface area contributed by atoms with Gasteiger partial charge in [0.15, 0.2) is 0 Å². The number of ether oxygens (including phenoxy) is 1. The Hall–Kier alpha value is -3.25. The fraction of sp³-hybridized carbons (Fsp3) is 0.280. The molecule has 0 atom stereocenters. The maximum Gasteiger partial charge on any atom is 0.258 e. The lowest BCUT2D eigenvalue weighted by atomic mass is 10.0. The van der Waals surface area contributed by atoms with Crippen LogP contribution in [0.4, 0.5) is 10.1 Å². The maximum absolute atomic E-state index is 13.5. The van der Waals surface area contributed by atoms with Crippen molar-refractivity contribution in [3.05, 3.63) is 90.0 Å². The standard InChI is InChI=1S/C25H26FN3O2/c1-31-24-11-5-19(6-12-24)25(30)29(22-9-7-20(26)8-10-22)23-13-16-28(17-14-23)18-21-4-2-3-15-27-21/h2-12,15,23H,13-14,16-18H2,1H3. The molecule has 0 saturated carbocycles. The third kappa shape index (κ3) is 5.09. The van der Waals surface area contributed by atoms with Crippen molar-refractivity contribution in [1.82, 2.24) is 9.88 Å². The third-order valence-corrected chi connectivity index (χ3v) is 5.69. The topological polar surface area (TPSA) is 45.7 Å². The Labute approximate surface area is 182 Å². The Morgan fingerprint density at radius 1 is 1.06 bits per heavy atom. The molecular formula is C25H26FN3O2. The maximum atomic E-state index is 13.5. The fourth-order valence-corrected chi connectivity index (χ4v) is 4.02. The monoisotopic (exact) mass is 419 g/mol. The Balaban J connectivity index is 1.52. The highest BCUT2D eigenvalue weighted by atomic mass is 19.1. The number of benzene rings is 2. The van der Waals surface area contributed by atoms with E-state index in [1.807, 2.05) is 29.3 Å². The molecule has 3 aromatic rings. The van der Waals surface area contributed by atoms with Crippen molar-refractivity contribution in [3.63, 3.8) is 0 Å². The van der Waals surface area contributed by atoms with Gasteiger partial charge in [0.05, 0.1) is 12.8 Å². The molecule has 0 N–H and O–H groups in total. The lowest BCUT2D eigenvalue weighted by Gasteiger charge is -2.38. The molecule has 1 aromatic heterocycles. The number of anilines is 1. The largest absolute Gasteiger partial charge is 0.497 e. The van der Waals surface area contributed by atoms with E-state index in [0.717, 1.165) is 38.2 Å². The van der Waals surface area contributed by atoms with E-state index in [0.29, 0.717) is 17.0 Å². The smallest absolute Gasteiger partial charge is 0.258 e. The van der Waals surface area contributed by atoms with E-state index in [1.165, 1.54) is 12.1 Å². The minimum absolute atomic E-state index is 0.0417. The van der Waals surface area contributed by atoms with Crippen molar-refractivity contribution in [1.29, 1.82) is 0 Å². The molecule has 2 heterocycles. The van der Waals surface area contributed by atoms with Crippen LogP contribution in [0.2, 0.25) is 0 Å². The first kappa shape index (κ1) is 21.0. The van der Waals surface area contributed by atoms with E-state index in [2.05, 4.69) is 9.88 Å². The van der Waals surface area contributed by atoms with Gasteiger partial charge in [0.1, 0.15) is 11.6 Å². The molecule has 2 aromatic carbocycles. The zero-order valence-corrected chi connectivity index (χ0v) is 17.6. The summed E-state index contributed by atoms with van der Waals surface area (Å²) >= 11 is 0. The van der Waals surface area contributed by atoms with Crippen LogP contribution in [0.15, 0.2) is 72.9 Å². The van der Waals surface area contributed by atoms with E-state index in [9.17, 15) is 9.18 Å². The first-order valence-corrected chi connectivity index (χ1v) is 10.5. The van der Waals surface area contributed by atoms with Gasteiger partial charge in [0.2, 0.25) is 0 Å². The summed E-state index contributed by atoms with van der Waals surface area (Å²) in [6.45, 7) is 2.54. The van der Waals surface area contributed by atoms with Gasteiger partial charge in [0.25, 0.3) is 5.91 Å². The Bertz CT molecular complexity index is 986. The van der Waals surface area contributed by atoms with Gasteiger partial charge in [-0.05, 0) is 73.5 Å². The first-order chi connectivity index (χ1) is 15.1. The van der Waals surface area contributed by atoms with Crippen LogP contribution in [0.3, 0.4) is 0 Å². The third-order valence-electron chi connectivity index (χ3n) is 5.69. The molecule has 1 aliphatic heterocycles. The lowest BCUT2D eigenvalue weighted by molar-refractivity contribution is 0.0958. The lowest BCUT2D eigenvalue weighted by Crippen LogP contribution is -2.47. The van der Waals surface area contributed by atoms with E-state index in [4.69, 9.17) is 4.74 Å². The molecule has 1 aliphatic rings. The Kier molecular flexibility index (Phi) is 6.57. The first-order valence-electron chi connectivity index (χ1n) is 10.5. The summed E-state index contributed by atoms with van der Waals surface area (Å²) in [5, 5.41) is 0. The number of carbonyl (C=O) groups is 1. The van der Waals surface area contributed by atoms with Crippen LogP contribution in [0.5, 0.6) is 5.75 Å². The highest BCUT2D eigenvalue weighted by Crippen LogP contribution is 2.27. The molecule has 0 bridgehead atoms. The number of halogens is 1. The number of likely N-dealkylation sites (tertiary alicyclic amines) is 1. The van der Waals surface area contributed by atoms with Crippen molar-refractivity contribution < 1.29 is 13.9 Å². The van der Waals surface area contributed by atoms with E-state index in [1.54, 1.807) is 43.5 Å². The Morgan fingerprint density at radius 2 is 1.77 bits per heavy atom. The van der Waals surface area contributed by atoms with Crippen LogP contribution < -0.4 is 9.64 Å². The van der Waals surface area contributed by atoms with Crippen molar-refractivity contribution in [2.45, 2.75) is 25.4 Å². The summed E-state index contributed by atoms with van der Waals surface area (Å²) < 4.78 is 18.7. The fourth-order valence-electron chi connectivity index (χ4n) is 4.02. The summed E-state index contributed by atoms with van der Waals surface area (Å²) in [5.41, 5.74) is 2.34. The van der Waals surface area contributed by atoms with Gasteiger partial charge in [-0.2, -0.15) is 0 Å². The van der Waals surface area contributed by atoms with Gasteiger partial charge in [-0.15, -0.1) is 0 Å². The van der Waals surface area contributed by atoms with Gasteiger partial charge in [0, 0.05) is 43.1 Å². The molecule has 0 aliphatic carbocycles. The van der Waals surface area contributed by atoms with E-state index < -0.39 is 0 Å². The number of aromatic nitrogens is 1. The second kappa shape index (κ2) is 9.71. The number of pyridine rings is 1. The highest BCUT2D eigenvalue weighted by molar-refractivity contribution is 6.06. The van der Waals surface area contributed by atoms with Crippen LogP contribution in [0, 0.1) is 5.82 Å². The van der Waals surface area contributed by atoms with Crippen molar-refractivity contribution in [2.24, 2.45) is 0 Å². The van der Waals surface area contributed by atoms with Crippen molar-refractivity contribution in [2.75, 3.05) is 25.1 Å². The molecule has 0 spiro atoms. The van der Waals surface area contributed by atoms with Crippen LogP contribution >= 0.6 is 0 Å². The van der Waals surface area contributed by atoms with Gasteiger partial charge in [-0.25, -0.2) is 4.39 Å². The quantitative estimate of drug-likeness (QED) is 0.589. The predicted octanol–water partition coefficient (Wildman–Crippen LogP) is 4.54. The molecule has 5 nitrogen and oxygen atoms in total. The van der Waals surface area contributed by atoms with Gasteiger partial charge in [-0.3, -0.25) is 14.7 Å². The normalized spacial score (nSPS) is 14.9. The molecule has 6 heteroatoms. The summed E-state index contributed by atoms with van der Waals surface area (Å²) in [6.07, 6.45) is 3.49. The number of hydrogen-bond donors (Lipinski definition) is 0. The number of hydrogen-bond acceptors (Lipinski definition) is 4. The molecule has 1 amide bonds. The van der Waals surface area contributed by atoms with Crippen molar-refractivity contribution >= 4 is 11.6 Å². The number of amides is 1. The van der Waals surface area contributed by atoms with Crippen LogP contribution in [-0.4, -0.2) is 42.0 Å². The molecule has 0 unspecified atom stereocenters. The van der Waals surface area contributed by atoms with Crippen LogP contribution in [0.1, 0.15) is 28.9 Å². The van der Waals surface area contributed by atoms with E-state index in [-0.39, 0.29) is 17.8 Å². The number of nitrogens with zero attached hydrogens (tertiary/aromatic N) is 3. The zero-order valence-electron chi connectivity index (χ0n) is 17.6. The number of rotatable bonds is 6. The second-order valence-electron chi connectivity index (χ2n) is 7.71. The molecule has 1 saturated heterocycles. The SMILES string of the molecule is COc1ccc(C(=O)N(c2ccc(F)cc2)C2CCN(Cc3ccccn3)CC2)cc1. The molecule has 4 rings (SSSR count). The van der Waals surface area contributed by atoms with Crippen LogP contribution in [0.25, 0.3) is 0 Å². The molecule has 0 radical (unpaired) electrons. The minimum Gasteiger partial charge on any atom is -0.497 e. The van der Waals surface area contributed by atoms with Gasteiger partial charge < -0.3 is 9.64 Å². The molecular weight excluding hydrogens is 393 g/mol. The minimum atomic E-state index is -0.314. The van der Waals surface area contributed by atoms with Crippen molar-refractivity contribution in [3.8, 4) is 5.75 Å². The van der Waals surface area contributed by atoms with Crippen LogP contribution in [-0.2, 0) is 6.54 Å². The highest BCUT2D eigenvalue weighted by Gasteiger charge is 2.30. The summed E-state index contributed by atoms with van der Waals surface area (Å²) in [4.78, 5) is 22.1.